The van der Waals surface area contributed by atoms with Gasteiger partial charge in [-0.15, -0.1) is 0 Å². The predicted molar refractivity (Wildman–Crippen MR) is 78.0 cm³/mol. The maximum Gasteiger partial charge on any atom is 0.0195 e. The molecule has 0 aromatic carbocycles. The fourth-order valence-corrected chi connectivity index (χ4v) is 3.71. The lowest BCUT2D eigenvalue weighted by atomic mass is 9.83. The van der Waals surface area contributed by atoms with E-state index in [-0.39, 0.29) is 0 Å². The minimum absolute atomic E-state index is 0.730. The molecule has 1 saturated heterocycles. The van der Waals surface area contributed by atoms with Gasteiger partial charge in [0.15, 0.2) is 0 Å². The number of rotatable bonds is 4. The molecule has 0 aromatic heterocycles. The smallest absolute Gasteiger partial charge is 0.0195 e. The maximum atomic E-state index is 3.71. The van der Waals surface area contributed by atoms with E-state index in [0.717, 1.165) is 24.5 Å². The minimum atomic E-state index is 0.730. The zero-order chi connectivity index (χ0) is 13.0. The molecule has 3 unspecified atom stereocenters. The molecule has 3 nitrogen and oxygen atoms in total. The van der Waals surface area contributed by atoms with Crippen LogP contribution in [0.3, 0.4) is 0 Å². The van der Waals surface area contributed by atoms with Crippen LogP contribution < -0.4 is 5.32 Å². The van der Waals surface area contributed by atoms with Gasteiger partial charge >= 0.3 is 0 Å². The average Bonchev–Trinajstić information content (AvgIpc) is 2.35. The molecule has 0 radical (unpaired) electrons. The SMILES string of the molecule is CCNC1CCCCC1CN1CCN(C)CC1C. The van der Waals surface area contributed by atoms with Crippen molar-refractivity contribution in [3.05, 3.63) is 0 Å². The van der Waals surface area contributed by atoms with Crippen molar-refractivity contribution >= 4 is 0 Å². The van der Waals surface area contributed by atoms with Crippen LogP contribution in [0, 0.1) is 5.92 Å². The Labute approximate surface area is 113 Å². The molecule has 1 aliphatic heterocycles. The number of hydrogen-bond acceptors (Lipinski definition) is 3. The number of nitrogens with one attached hydrogen (secondary N) is 1. The van der Waals surface area contributed by atoms with Gasteiger partial charge in [-0.1, -0.05) is 19.8 Å². The summed E-state index contributed by atoms with van der Waals surface area (Å²) in [4.78, 5) is 5.18. The Balaban J connectivity index is 1.86. The van der Waals surface area contributed by atoms with Crippen molar-refractivity contribution in [2.45, 2.75) is 51.6 Å². The maximum absolute atomic E-state index is 3.71. The van der Waals surface area contributed by atoms with Crippen LogP contribution in [-0.2, 0) is 0 Å². The van der Waals surface area contributed by atoms with Gasteiger partial charge < -0.3 is 10.2 Å². The fraction of sp³-hybridized carbons (Fsp3) is 1.00. The molecular formula is C15H31N3. The Morgan fingerprint density at radius 3 is 2.67 bits per heavy atom. The van der Waals surface area contributed by atoms with Crippen LogP contribution in [0.5, 0.6) is 0 Å². The van der Waals surface area contributed by atoms with Gasteiger partial charge in [-0.3, -0.25) is 4.90 Å². The molecule has 1 saturated carbocycles. The molecule has 0 spiro atoms. The summed E-state index contributed by atoms with van der Waals surface area (Å²) in [6, 6.07) is 1.50. The third kappa shape index (κ3) is 3.69. The Morgan fingerprint density at radius 1 is 1.17 bits per heavy atom. The zero-order valence-corrected chi connectivity index (χ0v) is 12.5. The lowest BCUT2D eigenvalue weighted by Gasteiger charge is -2.42. The van der Waals surface area contributed by atoms with Crippen molar-refractivity contribution in [1.82, 2.24) is 15.1 Å². The number of hydrogen-bond donors (Lipinski definition) is 1. The van der Waals surface area contributed by atoms with E-state index in [1.165, 1.54) is 51.9 Å². The summed E-state index contributed by atoms with van der Waals surface area (Å²) in [5.74, 6) is 0.879. The van der Waals surface area contributed by atoms with Crippen LogP contribution in [0.1, 0.15) is 39.5 Å². The predicted octanol–water partition coefficient (Wildman–Crippen LogP) is 1.79. The van der Waals surface area contributed by atoms with Crippen molar-refractivity contribution in [2.24, 2.45) is 5.92 Å². The van der Waals surface area contributed by atoms with Crippen molar-refractivity contribution in [2.75, 3.05) is 39.8 Å². The topological polar surface area (TPSA) is 18.5 Å². The van der Waals surface area contributed by atoms with Crippen LogP contribution in [-0.4, -0.2) is 61.7 Å². The molecule has 0 aromatic rings. The highest BCUT2D eigenvalue weighted by Crippen LogP contribution is 2.26. The molecule has 1 aliphatic carbocycles. The quantitative estimate of drug-likeness (QED) is 0.824. The summed E-state index contributed by atoms with van der Waals surface area (Å²) in [5, 5.41) is 3.71. The van der Waals surface area contributed by atoms with Gasteiger partial charge in [0.2, 0.25) is 0 Å². The number of nitrogens with zero attached hydrogens (tertiary/aromatic N) is 2. The van der Waals surface area contributed by atoms with E-state index in [9.17, 15) is 0 Å². The van der Waals surface area contributed by atoms with E-state index in [4.69, 9.17) is 0 Å². The lowest BCUT2D eigenvalue weighted by Crippen LogP contribution is -2.54. The molecule has 0 bridgehead atoms. The van der Waals surface area contributed by atoms with Gasteiger partial charge in [0.25, 0.3) is 0 Å². The largest absolute Gasteiger partial charge is 0.314 e. The first-order valence-corrected chi connectivity index (χ1v) is 7.86. The fourth-order valence-electron chi connectivity index (χ4n) is 3.71. The summed E-state index contributed by atoms with van der Waals surface area (Å²) >= 11 is 0. The summed E-state index contributed by atoms with van der Waals surface area (Å²) in [6.07, 6.45) is 5.68. The molecule has 1 N–H and O–H groups in total. The van der Waals surface area contributed by atoms with Gasteiger partial charge in [-0.2, -0.15) is 0 Å². The Bertz CT molecular complexity index is 242. The second kappa shape index (κ2) is 6.88. The van der Waals surface area contributed by atoms with Crippen LogP contribution in [0.2, 0.25) is 0 Å². The molecule has 2 aliphatic rings. The summed E-state index contributed by atoms with van der Waals surface area (Å²) in [7, 11) is 2.25. The van der Waals surface area contributed by atoms with Gasteiger partial charge in [-0.25, -0.2) is 0 Å². The van der Waals surface area contributed by atoms with Crippen LogP contribution in [0.15, 0.2) is 0 Å². The van der Waals surface area contributed by atoms with Crippen LogP contribution in [0.25, 0.3) is 0 Å². The summed E-state index contributed by atoms with van der Waals surface area (Å²) < 4.78 is 0. The molecule has 18 heavy (non-hydrogen) atoms. The molecule has 2 fully saturated rings. The first-order chi connectivity index (χ1) is 8.70. The minimum Gasteiger partial charge on any atom is -0.314 e. The highest BCUT2D eigenvalue weighted by Gasteiger charge is 2.29. The Hall–Kier alpha value is -0.120. The second-order valence-electron chi connectivity index (χ2n) is 6.31. The molecular weight excluding hydrogens is 222 g/mol. The van der Waals surface area contributed by atoms with E-state index in [2.05, 4.69) is 36.0 Å². The Morgan fingerprint density at radius 2 is 1.94 bits per heavy atom. The van der Waals surface area contributed by atoms with Gasteiger partial charge in [0.1, 0.15) is 0 Å². The summed E-state index contributed by atoms with van der Waals surface area (Å²) in [5.41, 5.74) is 0. The molecule has 0 amide bonds. The van der Waals surface area contributed by atoms with Gasteiger partial charge in [-0.05, 0) is 39.3 Å². The first kappa shape index (κ1) is 14.3. The van der Waals surface area contributed by atoms with Crippen molar-refractivity contribution in [1.29, 1.82) is 0 Å². The molecule has 3 atom stereocenters. The summed E-state index contributed by atoms with van der Waals surface area (Å²) in [6.45, 7) is 10.8. The van der Waals surface area contributed by atoms with Crippen molar-refractivity contribution in [3.8, 4) is 0 Å². The lowest BCUT2D eigenvalue weighted by molar-refractivity contribution is 0.0696. The molecule has 1 heterocycles. The zero-order valence-electron chi connectivity index (χ0n) is 12.5. The number of likely N-dealkylation sites (N-methyl/N-ethyl adjacent to an activating group) is 1. The van der Waals surface area contributed by atoms with E-state index < -0.39 is 0 Å². The van der Waals surface area contributed by atoms with Crippen LogP contribution in [0.4, 0.5) is 0 Å². The average molecular weight is 253 g/mol. The normalized spacial score (nSPS) is 35.8. The highest BCUT2D eigenvalue weighted by atomic mass is 15.3. The van der Waals surface area contributed by atoms with E-state index >= 15 is 0 Å². The molecule has 2 rings (SSSR count). The Kier molecular flexibility index (Phi) is 5.46. The number of piperazine rings is 1. The van der Waals surface area contributed by atoms with E-state index in [1.54, 1.807) is 0 Å². The second-order valence-corrected chi connectivity index (χ2v) is 6.31. The van der Waals surface area contributed by atoms with Crippen molar-refractivity contribution in [3.63, 3.8) is 0 Å². The third-order valence-corrected chi connectivity index (χ3v) is 4.81. The van der Waals surface area contributed by atoms with Gasteiger partial charge in [0.05, 0.1) is 0 Å². The monoisotopic (exact) mass is 253 g/mol. The van der Waals surface area contributed by atoms with E-state index in [0.29, 0.717) is 0 Å². The third-order valence-electron chi connectivity index (χ3n) is 4.81. The van der Waals surface area contributed by atoms with Gasteiger partial charge in [0, 0.05) is 38.3 Å². The highest BCUT2D eigenvalue weighted by molar-refractivity contribution is 4.86. The van der Waals surface area contributed by atoms with E-state index in [1.807, 2.05) is 0 Å². The van der Waals surface area contributed by atoms with Crippen molar-refractivity contribution < 1.29 is 0 Å². The standard InChI is InChI=1S/C15H31N3/c1-4-16-15-8-6-5-7-14(15)12-18-10-9-17(3)11-13(18)2/h13-16H,4-12H2,1-3H3. The molecule has 3 heteroatoms. The first-order valence-electron chi connectivity index (χ1n) is 7.86. The molecule has 106 valence electrons. The van der Waals surface area contributed by atoms with Crippen LogP contribution >= 0.6 is 0 Å².